The molecule has 1 fully saturated rings. The minimum Gasteiger partial charge on any atom is -0.372 e. The fraction of sp³-hybridized carbons (Fsp3) is 0.348. The van der Waals surface area contributed by atoms with E-state index in [1.807, 2.05) is 42.5 Å². The lowest BCUT2D eigenvalue weighted by Crippen LogP contribution is -2.23. The summed E-state index contributed by atoms with van der Waals surface area (Å²) in [6.07, 6.45) is 5.84. The van der Waals surface area contributed by atoms with Crippen molar-refractivity contribution in [1.82, 2.24) is 10.1 Å². The van der Waals surface area contributed by atoms with Gasteiger partial charge in [0.15, 0.2) is 0 Å². The van der Waals surface area contributed by atoms with Crippen LogP contribution < -0.4 is 10.2 Å². The monoisotopic (exact) mass is 390 g/mol. The Kier molecular flexibility index (Phi) is 6.19. The van der Waals surface area contributed by atoms with Gasteiger partial charge in [0.1, 0.15) is 0 Å². The Hall–Kier alpha value is -3.15. The molecular weight excluding hydrogens is 364 g/mol. The first kappa shape index (κ1) is 19.2. The summed E-state index contributed by atoms with van der Waals surface area (Å²) < 4.78 is 5.27. The highest BCUT2D eigenvalue weighted by atomic mass is 16.5. The minimum atomic E-state index is -0.0630. The van der Waals surface area contributed by atoms with Crippen molar-refractivity contribution in [2.24, 2.45) is 0 Å². The van der Waals surface area contributed by atoms with E-state index in [4.69, 9.17) is 4.52 Å². The lowest BCUT2D eigenvalue weighted by atomic mass is 10.2. The maximum atomic E-state index is 12.3. The number of aryl methyl sites for hydroxylation is 1. The van der Waals surface area contributed by atoms with Crippen molar-refractivity contribution in [3.63, 3.8) is 0 Å². The van der Waals surface area contributed by atoms with Crippen LogP contribution in [0.2, 0.25) is 0 Å². The number of aromatic nitrogens is 2. The predicted molar refractivity (Wildman–Crippen MR) is 114 cm³/mol. The molecule has 4 rings (SSSR count). The van der Waals surface area contributed by atoms with Crippen molar-refractivity contribution in [1.29, 1.82) is 0 Å². The van der Waals surface area contributed by atoms with Crippen LogP contribution in [0.3, 0.4) is 0 Å². The quantitative estimate of drug-likeness (QED) is 0.661. The van der Waals surface area contributed by atoms with Crippen LogP contribution in [0.5, 0.6) is 0 Å². The number of hydrogen-bond donors (Lipinski definition) is 1. The molecule has 2 heterocycles. The number of nitrogens with one attached hydrogen (secondary N) is 1. The van der Waals surface area contributed by atoms with Gasteiger partial charge in [-0.25, -0.2) is 0 Å². The van der Waals surface area contributed by atoms with Crippen molar-refractivity contribution >= 4 is 17.3 Å². The van der Waals surface area contributed by atoms with E-state index < -0.39 is 0 Å². The van der Waals surface area contributed by atoms with E-state index in [1.54, 1.807) is 0 Å². The third kappa shape index (κ3) is 5.22. The summed E-state index contributed by atoms with van der Waals surface area (Å²) in [4.78, 5) is 19.1. The standard InChI is InChI=1S/C23H26N4O2/c28-21(14-15-22-25-23(26-29-22)18-8-4-3-5-9-18)24-19-10-12-20(13-11-19)27-16-6-1-2-7-17-27/h3-5,8-13H,1-2,6-7,14-17H2,(H,24,28). The molecule has 1 amide bonds. The molecule has 0 bridgehead atoms. The number of rotatable bonds is 6. The van der Waals surface area contributed by atoms with E-state index in [9.17, 15) is 4.79 Å². The van der Waals surface area contributed by atoms with E-state index in [-0.39, 0.29) is 5.91 Å². The van der Waals surface area contributed by atoms with Crippen molar-refractivity contribution in [2.75, 3.05) is 23.3 Å². The van der Waals surface area contributed by atoms with Crippen molar-refractivity contribution in [2.45, 2.75) is 38.5 Å². The molecule has 0 radical (unpaired) electrons. The molecule has 3 aromatic rings. The second-order valence-electron chi connectivity index (χ2n) is 7.37. The molecule has 150 valence electrons. The summed E-state index contributed by atoms with van der Waals surface area (Å²) in [5, 5.41) is 6.93. The Bertz CT molecular complexity index is 914. The van der Waals surface area contributed by atoms with E-state index in [1.165, 1.54) is 31.4 Å². The number of hydrogen-bond acceptors (Lipinski definition) is 5. The first-order valence-electron chi connectivity index (χ1n) is 10.3. The van der Waals surface area contributed by atoms with Gasteiger partial charge < -0.3 is 14.7 Å². The summed E-state index contributed by atoms with van der Waals surface area (Å²) >= 11 is 0. The largest absolute Gasteiger partial charge is 0.372 e. The summed E-state index contributed by atoms with van der Waals surface area (Å²) in [5.74, 6) is 0.951. The maximum Gasteiger partial charge on any atom is 0.227 e. The average molecular weight is 390 g/mol. The molecule has 1 saturated heterocycles. The molecule has 2 aromatic carbocycles. The number of anilines is 2. The van der Waals surface area contributed by atoms with Gasteiger partial charge in [0.05, 0.1) is 0 Å². The Morgan fingerprint density at radius 3 is 2.41 bits per heavy atom. The van der Waals surface area contributed by atoms with Crippen molar-refractivity contribution in [3.05, 3.63) is 60.5 Å². The zero-order chi connectivity index (χ0) is 19.9. The Morgan fingerprint density at radius 2 is 1.69 bits per heavy atom. The molecule has 0 aliphatic carbocycles. The minimum absolute atomic E-state index is 0.0630. The summed E-state index contributed by atoms with van der Waals surface area (Å²) in [6.45, 7) is 2.22. The van der Waals surface area contributed by atoms with Crippen LogP contribution in [-0.4, -0.2) is 29.1 Å². The van der Waals surface area contributed by atoms with Crippen LogP contribution in [0.15, 0.2) is 59.1 Å². The second kappa shape index (κ2) is 9.37. The maximum absolute atomic E-state index is 12.3. The smallest absolute Gasteiger partial charge is 0.227 e. The molecule has 1 aliphatic heterocycles. The van der Waals surface area contributed by atoms with Gasteiger partial charge in [0.2, 0.25) is 17.6 Å². The molecule has 1 aromatic heterocycles. The molecule has 1 aliphatic rings. The Labute approximate surface area is 170 Å². The molecule has 29 heavy (non-hydrogen) atoms. The molecule has 0 saturated carbocycles. The number of carbonyl (C=O) groups is 1. The molecule has 6 nitrogen and oxygen atoms in total. The number of nitrogens with zero attached hydrogens (tertiary/aromatic N) is 3. The van der Waals surface area contributed by atoms with E-state index in [2.05, 4.69) is 32.5 Å². The van der Waals surface area contributed by atoms with Crippen LogP contribution in [0.4, 0.5) is 11.4 Å². The lowest BCUT2D eigenvalue weighted by Gasteiger charge is -2.22. The van der Waals surface area contributed by atoms with E-state index in [0.29, 0.717) is 24.6 Å². The van der Waals surface area contributed by atoms with Gasteiger partial charge in [-0.05, 0) is 37.1 Å². The van der Waals surface area contributed by atoms with Crippen molar-refractivity contribution in [3.8, 4) is 11.4 Å². The van der Waals surface area contributed by atoms with Crippen LogP contribution in [-0.2, 0) is 11.2 Å². The molecule has 0 spiro atoms. The van der Waals surface area contributed by atoms with Crippen LogP contribution in [0.1, 0.15) is 38.0 Å². The topological polar surface area (TPSA) is 71.3 Å². The molecular formula is C23H26N4O2. The first-order chi connectivity index (χ1) is 14.3. The summed E-state index contributed by atoms with van der Waals surface area (Å²) in [6, 6.07) is 17.8. The zero-order valence-electron chi connectivity index (χ0n) is 16.5. The third-order valence-electron chi connectivity index (χ3n) is 5.19. The number of carbonyl (C=O) groups excluding carboxylic acids is 1. The number of amides is 1. The van der Waals surface area contributed by atoms with Gasteiger partial charge in [-0.1, -0.05) is 48.3 Å². The highest BCUT2D eigenvalue weighted by Gasteiger charge is 2.12. The average Bonchev–Trinajstić information content (AvgIpc) is 3.07. The lowest BCUT2D eigenvalue weighted by molar-refractivity contribution is -0.116. The fourth-order valence-electron chi connectivity index (χ4n) is 3.59. The van der Waals surface area contributed by atoms with Crippen molar-refractivity contribution < 1.29 is 9.32 Å². The highest BCUT2D eigenvalue weighted by molar-refractivity contribution is 5.90. The second-order valence-corrected chi connectivity index (χ2v) is 7.37. The first-order valence-corrected chi connectivity index (χ1v) is 10.3. The Balaban J connectivity index is 1.28. The van der Waals surface area contributed by atoms with Gasteiger partial charge >= 0.3 is 0 Å². The third-order valence-corrected chi connectivity index (χ3v) is 5.19. The summed E-state index contributed by atoms with van der Waals surface area (Å²) in [5.41, 5.74) is 2.93. The SMILES string of the molecule is O=C(CCc1nc(-c2ccccc2)no1)Nc1ccc(N2CCCCCC2)cc1. The molecule has 0 atom stereocenters. The molecule has 1 N–H and O–H groups in total. The summed E-state index contributed by atoms with van der Waals surface area (Å²) in [7, 11) is 0. The molecule has 0 unspecified atom stereocenters. The molecule has 6 heteroatoms. The number of benzene rings is 2. The highest BCUT2D eigenvalue weighted by Crippen LogP contribution is 2.22. The van der Waals surface area contributed by atoms with Crippen LogP contribution in [0, 0.1) is 0 Å². The van der Waals surface area contributed by atoms with Crippen LogP contribution >= 0.6 is 0 Å². The van der Waals surface area contributed by atoms with Gasteiger partial charge in [0.25, 0.3) is 0 Å². The van der Waals surface area contributed by atoms with E-state index in [0.717, 1.165) is 24.3 Å². The van der Waals surface area contributed by atoms with E-state index >= 15 is 0 Å². The van der Waals surface area contributed by atoms with Gasteiger partial charge in [-0.2, -0.15) is 4.98 Å². The van der Waals surface area contributed by atoms with Crippen LogP contribution in [0.25, 0.3) is 11.4 Å². The normalized spacial score (nSPS) is 14.4. The Morgan fingerprint density at radius 1 is 0.966 bits per heavy atom. The predicted octanol–water partition coefficient (Wildman–Crippen LogP) is 4.69. The van der Waals surface area contributed by atoms with Gasteiger partial charge in [0, 0.05) is 42.9 Å². The fourth-order valence-corrected chi connectivity index (χ4v) is 3.59. The zero-order valence-corrected chi connectivity index (χ0v) is 16.5. The van der Waals surface area contributed by atoms with Gasteiger partial charge in [-0.3, -0.25) is 4.79 Å². The van der Waals surface area contributed by atoms with Gasteiger partial charge in [-0.15, -0.1) is 0 Å².